The van der Waals surface area contributed by atoms with Crippen molar-refractivity contribution in [3.05, 3.63) is 71.8 Å². The molecule has 0 heterocycles. The molecule has 0 saturated heterocycles. The second-order valence-corrected chi connectivity index (χ2v) is 6.69. The third-order valence-electron chi connectivity index (χ3n) is 4.93. The number of carbonyl (C=O) groups excluding carboxylic acids is 1. The Balaban J connectivity index is 1.67. The lowest BCUT2D eigenvalue weighted by atomic mass is 10.0. The maximum Gasteiger partial charge on any atom is 0.338 e. The van der Waals surface area contributed by atoms with Crippen molar-refractivity contribution in [3.8, 4) is 5.75 Å². The molecule has 0 saturated carbocycles. The van der Waals surface area contributed by atoms with Crippen LogP contribution in [0.3, 0.4) is 0 Å². The summed E-state index contributed by atoms with van der Waals surface area (Å²) in [5, 5.41) is 12.2. The average molecular weight is 390 g/mol. The van der Waals surface area contributed by atoms with Crippen molar-refractivity contribution in [3.63, 3.8) is 0 Å². The number of nitrogens with zero attached hydrogens (tertiary/aromatic N) is 2. The lowest BCUT2D eigenvalue weighted by Crippen LogP contribution is -2.27. The maximum absolute atomic E-state index is 12.2. The van der Waals surface area contributed by atoms with Crippen LogP contribution in [0, 0.1) is 0 Å². The number of hydrogen-bond acceptors (Lipinski definition) is 5. The van der Waals surface area contributed by atoms with E-state index in [2.05, 4.69) is 23.7 Å². The van der Waals surface area contributed by atoms with Crippen LogP contribution in [0.15, 0.2) is 65.7 Å². The van der Waals surface area contributed by atoms with Crippen LogP contribution in [-0.4, -0.2) is 48.4 Å². The van der Waals surface area contributed by atoms with Gasteiger partial charge in [0, 0.05) is 18.3 Å². The summed E-state index contributed by atoms with van der Waals surface area (Å²) in [5.41, 5.74) is 1.86. The molecular weight excluding hydrogens is 364 g/mol. The van der Waals surface area contributed by atoms with Gasteiger partial charge < -0.3 is 14.7 Å². The Labute approximate surface area is 171 Å². The predicted molar refractivity (Wildman–Crippen MR) is 117 cm³/mol. The number of aromatic hydroxyl groups is 1. The van der Waals surface area contributed by atoms with Crippen LogP contribution in [0.2, 0.25) is 0 Å². The van der Waals surface area contributed by atoms with Gasteiger partial charge in [0.1, 0.15) is 12.4 Å². The van der Waals surface area contributed by atoms with E-state index in [1.807, 2.05) is 30.3 Å². The van der Waals surface area contributed by atoms with Crippen LogP contribution in [0.5, 0.6) is 5.75 Å². The summed E-state index contributed by atoms with van der Waals surface area (Å²) in [6.07, 6.45) is 1.65. The van der Waals surface area contributed by atoms with E-state index in [0.29, 0.717) is 23.4 Å². The van der Waals surface area contributed by atoms with E-state index < -0.39 is 0 Å². The lowest BCUT2D eigenvalue weighted by Gasteiger charge is -2.17. The molecule has 3 aromatic carbocycles. The highest BCUT2D eigenvalue weighted by Crippen LogP contribution is 2.26. The van der Waals surface area contributed by atoms with E-state index in [-0.39, 0.29) is 11.7 Å². The van der Waals surface area contributed by atoms with Crippen molar-refractivity contribution in [2.75, 3.05) is 26.2 Å². The van der Waals surface area contributed by atoms with Gasteiger partial charge in [-0.05, 0) is 54.2 Å². The van der Waals surface area contributed by atoms with Crippen molar-refractivity contribution >= 4 is 28.6 Å². The molecule has 0 aliphatic rings. The fourth-order valence-corrected chi connectivity index (χ4v) is 3.13. The van der Waals surface area contributed by atoms with Gasteiger partial charge in [0.2, 0.25) is 0 Å². The molecule has 0 unspecified atom stereocenters. The Morgan fingerprint density at radius 3 is 2.48 bits per heavy atom. The molecule has 0 aliphatic heterocycles. The third-order valence-corrected chi connectivity index (χ3v) is 4.93. The van der Waals surface area contributed by atoms with E-state index in [4.69, 9.17) is 4.74 Å². The molecule has 0 fully saturated rings. The standard InChI is InChI=1S/C24H26N2O3/c1-3-26(4-2)15-16-29-24(28)19-9-12-20(13-10-19)25-17-22-21-8-6-5-7-18(21)11-14-23(22)27/h5-14,17,27H,3-4,15-16H2,1-2H3. The first-order valence-corrected chi connectivity index (χ1v) is 9.86. The minimum Gasteiger partial charge on any atom is -0.507 e. The molecule has 0 aromatic heterocycles. The van der Waals surface area contributed by atoms with Gasteiger partial charge in [-0.3, -0.25) is 4.99 Å². The number of ether oxygens (including phenoxy) is 1. The Hall–Kier alpha value is -3.18. The maximum atomic E-state index is 12.2. The smallest absolute Gasteiger partial charge is 0.338 e. The fraction of sp³-hybridized carbons (Fsp3) is 0.250. The number of carbonyl (C=O) groups is 1. The number of phenolic OH excluding ortho intramolecular Hbond substituents is 1. The van der Waals surface area contributed by atoms with Crippen LogP contribution >= 0.6 is 0 Å². The SMILES string of the molecule is CCN(CC)CCOC(=O)c1ccc(N=Cc2c(O)ccc3ccccc23)cc1. The normalized spacial score (nSPS) is 11.4. The number of fused-ring (bicyclic) bond motifs is 1. The van der Waals surface area contributed by atoms with Crippen LogP contribution in [0.4, 0.5) is 5.69 Å². The van der Waals surface area contributed by atoms with Gasteiger partial charge in [-0.25, -0.2) is 4.79 Å². The molecule has 0 spiro atoms. The van der Waals surface area contributed by atoms with Gasteiger partial charge in [-0.2, -0.15) is 0 Å². The highest BCUT2D eigenvalue weighted by molar-refractivity contribution is 6.03. The molecule has 0 amide bonds. The number of benzene rings is 3. The number of likely N-dealkylation sites (N-methyl/N-ethyl adjacent to an activating group) is 1. The topological polar surface area (TPSA) is 62.1 Å². The molecule has 0 bridgehead atoms. The van der Waals surface area contributed by atoms with Crippen LogP contribution in [0.1, 0.15) is 29.8 Å². The van der Waals surface area contributed by atoms with Crippen LogP contribution < -0.4 is 0 Å². The number of phenols is 1. The molecule has 0 aliphatic carbocycles. The molecule has 1 N–H and O–H groups in total. The Kier molecular flexibility index (Phi) is 6.98. The predicted octanol–water partition coefficient (Wildman–Crippen LogP) is 4.79. The lowest BCUT2D eigenvalue weighted by molar-refractivity contribution is 0.0466. The average Bonchev–Trinajstić information content (AvgIpc) is 2.76. The molecular formula is C24H26N2O3. The van der Waals surface area contributed by atoms with Gasteiger partial charge in [-0.15, -0.1) is 0 Å². The van der Waals surface area contributed by atoms with Gasteiger partial charge >= 0.3 is 5.97 Å². The van der Waals surface area contributed by atoms with E-state index in [0.717, 1.165) is 30.4 Å². The zero-order chi connectivity index (χ0) is 20.6. The summed E-state index contributed by atoms with van der Waals surface area (Å²) >= 11 is 0. The van der Waals surface area contributed by atoms with Crippen molar-refractivity contribution in [2.45, 2.75) is 13.8 Å². The zero-order valence-electron chi connectivity index (χ0n) is 16.8. The summed E-state index contributed by atoms with van der Waals surface area (Å²) in [7, 11) is 0. The minimum absolute atomic E-state index is 0.181. The first-order chi connectivity index (χ1) is 14.1. The largest absolute Gasteiger partial charge is 0.507 e. The van der Waals surface area contributed by atoms with Crippen molar-refractivity contribution in [2.24, 2.45) is 4.99 Å². The molecule has 29 heavy (non-hydrogen) atoms. The number of hydrogen-bond donors (Lipinski definition) is 1. The van der Waals surface area contributed by atoms with Gasteiger partial charge in [0.15, 0.2) is 0 Å². The number of aliphatic imine (C=N–C) groups is 1. The van der Waals surface area contributed by atoms with Gasteiger partial charge in [0.05, 0.1) is 11.3 Å². The van der Waals surface area contributed by atoms with Crippen LogP contribution in [0.25, 0.3) is 10.8 Å². The molecule has 0 atom stereocenters. The number of esters is 1. The summed E-state index contributed by atoms with van der Waals surface area (Å²) < 4.78 is 5.34. The summed E-state index contributed by atoms with van der Waals surface area (Å²) in [6, 6.07) is 18.3. The van der Waals surface area contributed by atoms with E-state index >= 15 is 0 Å². The molecule has 150 valence electrons. The molecule has 0 radical (unpaired) electrons. The first-order valence-electron chi connectivity index (χ1n) is 9.86. The van der Waals surface area contributed by atoms with E-state index in [1.54, 1.807) is 36.5 Å². The monoisotopic (exact) mass is 390 g/mol. The van der Waals surface area contributed by atoms with E-state index in [1.165, 1.54) is 0 Å². The zero-order valence-corrected chi connectivity index (χ0v) is 16.8. The summed E-state index contributed by atoms with van der Waals surface area (Å²) in [4.78, 5) is 18.8. The molecule has 5 heteroatoms. The number of rotatable bonds is 8. The first kappa shape index (κ1) is 20.6. The highest BCUT2D eigenvalue weighted by atomic mass is 16.5. The second kappa shape index (κ2) is 9.85. The van der Waals surface area contributed by atoms with Crippen molar-refractivity contribution < 1.29 is 14.6 Å². The quantitative estimate of drug-likeness (QED) is 0.443. The Morgan fingerprint density at radius 2 is 1.76 bits per heavy atom. The molecule has 3 rings (SSSR count). The van der Waals surface area contributed by atoms with Crippen molar-refractivity contribution in [1.82, 2.24) is 4.90 Å². The Bertz CT molecular complexity index is 993. The second-order valence-electron chi connectivity index (χ2n) is 6.69. The fourth-order valence-electron chi connectivity index (χ4n) is 3.13. The third kappa shape index (κ3) is 5.21. The Morgan fingerprint density at radius 1 is 1.03 bits per heavy atom. The van der Waals surface area contributed by atoms with Gasteiger partial charge in [-0.1, -0.05) is 44.2 Å². The summed E-state index contributed by atoms with van der Waals surface area (Å²) in [6.45, 7) is 7.15. The van der Waals surface area contributed by atoms with E-state index in [9.17, 15) is 9.90 Å². The van der Waals surface area contributed by atoms with Crippen LogP contribution in [-0.2, 0) is 4.74 Å². The van der Waals surface area contributed by atoms with Crippen molar-refractivity contribution in [1.29, 1.82) is 0 Å². The summed E-state index contributed by atoms with van der Waals surface area (Å²) in [5.74, 6) is -0.153. The molecule has 5 nitrogen and oxygen atoms in total. The highest BCUT2D eigenvalue weighted by Gasteiger charge is 2.08. The molecule has 3 aromatic rings. The minimum atomic E-state index is -0.334. The van der Waals surface area contributed by atoms with Gasteiger partial charge in [0.25, 0.3) is 0 Å².